The van der Waals surface area contributed by atoms with Gasteiger partial charge in [-0.25, -0.2) is 0 Å². The van der Waals surface area contributed by atoms with Crippen LogP contribution in [-0.2, 0) is 22.7 Å². The van der Waals surface area contributed by atoms with Crippen molar-refractivity contribution in [2.24, 2.45) is 5.92 Å². The summed E-state index contributed by atoms with van der Waals surface area (Å²) in [6, 6.07) is 3.87. The van der Waals surface area contributed by atoms with Gasteiger partial charge in [-0.15, -0.1) is 0 Å². The van der Waals surface area contributed by atoms with Gasteiger partial charge in [0.05, 0.1) is 19.3 Å². The fourth-order valence-corrected chi connectivity index (χ4v) is 3.17. The monoisotopic (exact) mass is 277 g/mol. The molecule has 1 fully saturated rings. The molecule has 0 aromatic heterocycles. The molecule has 1 aliphatic heterocycles. The van der Waals surface area contributed by atoms with Gasteiger partial charge in [-0.05, 0) is 30.9 Å². The van der Waals surface area contributed by atoms with E-state index in [1.54, 1.807) is 0 Å². The Balaban J connectivity index is 1.69. The van der Waals surface area contributed by atoms with Crippen LogP contribution in [-0.4, -0.2) is 12.9 Å². The molecule has 0 spiro atoms. The van der Waals surface area contributed by atoms with Crippen LogP contribution in [0.15, 0.2) is 12.1 Å². The van der Waals surface area contributed by atoms with Crippen LogP contribution in [0.4, 0.5) is 5.69 Å². The molecule has 0 radical (unpaired) electrons. The topological polar surface area (TPSA) is 53.7 Å². The highest BCUT2D eigenvalue weighted by Gasteiger charge is 2.21. The molecule has 2 N–H and O–H groups in total. The zero-order chi connectivity index (χ0) is 13.9. The molecule has 0 saturated heterocycles. The summed E-state index contributed by atoms with van der Waals surface area (Å²) in [6.07, 6.45) is 5.29. The number of nitrogens with two attached hydrogens (primary N) is 1. The van der Waals surface area contributed by atoms with Gasteiger partial charge >= 0.3 is 0 Å². The van der Waals surface area contributed by atoms with Crippen molar-refractivity contribution in [1.82, 2.24) is 0 Å². The molecule has 4 heteroatoms. The van der Waals surface area contributed by atoms with Crippen LogP contribution in [0.1, 0.15) is 43.7 Å². The summed E-state index contributed by atoms with van der Waals surface area (Å²) < 4.78 is 17.0. The zero-order valence-electron chi connectivity index (χ0n) is 12.1. The number of benzene rings is 1. The van der Waals surface area contributed by atoms with Crippen molar-refractivity contribution in [3.05, 3.63) is 23.3 Å². The minimum Gasteiger partial charge on any atom is -0.467 e. The summed E-state index contributed by atoms with van der Waals surface area (Å²) in [6.45, 7) is 3.75. The van der Waals surface area contributed by atoms with E-state index in [0.717, 1.165) is 34.9 Å². The number of rotatable bonds is 3. The first-order chi connectivity index (χ1) is 9.72. The fraction of sp³-hybridized carbons (Fsp3) is 0.625. The van der Waals surface area contributed by atoms with Gasteiger partial charge in [0.2, 0.25) is 0 Å². The number of hydrogen-bond acceptors (Lipinski definition) is 4. The van der Waals surface area contributed by atoms with E-state index in [2.05, 4.69) is 6.92 Å². The molecule has 1 aromatic carbocycles. The number of anilines is 1. The molecule has 20 heavy (non-hydrogen) atoms. The van der Waals surface area contributed by atoms with Crippen molar-refractivity contribution in [2.45, 2.75) is 51.9 Å². The minimum atomic E-state index is 0.310. The third kappa shape index (κ3) is 3.07. The predicted octanol–water partition coefficient (Wildman–Crippen LogP) is 3.23. The van der Waals surface area contributed by atoms with E-state index in [0.29, 0.717) is 26.1 Å². The molecule has 110 valence electrons. The summed E-state index contributed by atoms with van der Waals surface area (Å²) in [4.78, 5) is 0. The summed E-state index contributed by atoms with van der Waals surface area (Å²) in [5.74, 6) is 1.67. The maximum Gasteiger partial charge on any atom is 0.189 e. The van der Waals surface area contributed by atoms with Crippen molar-refractivity contribution in [2.75, 3.05) is 12.5 Å². The van der Waals surface area contributed by atoms with Gasteiger partial charge in [0.15, 0.2) is 6.79 Å². The Bertz CT molecular complexity index is 475. The van der Waals surface area contributed by atoms with Gasteiger partial charge in [0.25, 0.3) is 0 Å². The number of nitrogen functional groups attached to an aromatic ring is 1. The smallest absolute Gasteiger partial charge is 0.189 e. The lowest BCUT2D eigenvalue weighted by Crippen LogP contribution is -2.22. The Morgan fingerprint density at radius 3 is 3.10 bits per heavy atom. The minimum absolute atomic E-state index is 0.310. The van der Waals surface area contributed by atoms with Gasteiger partial charge in [-0.2, -0.15) is 0 Å². The van der Waals surface area contributed by atoms with Gasteiger partial charge in [0, 0.05) is 16.8 Å². The van der Waals surface area contributed by atoms with E-state index in [1.165, 1.54) is 19.3 Å². The molecule has 1 saturated carbocycles. The number of hydrogen-bond donors (Lipinski definition) is 1. The zero-order valence-corrected chi connectivity index (χ0v) is 12.1. The number of fused-ring (bicyclic) bond motifs is 1. The standard InChI is InChI=1S/C16H23NO3/c1-11-3-2-4-15(5-11)19-9-13-7-14(17)6-12-8-18-10-20-16(12)13/h6-7,11,15H,2-5,8-10,17H2,1H3. The first-order valence-corrected chi connectivity index (χ1v) is 7.46. The molecule has 2 atom stereocenters. The highest BCUT2D eigenvalue weighted by molar-refractivity contribution is 5.53. The molecular weight excluding hydrogens is 254 g/mol. The largest absolute Gasteiger partial charge is 0.467 e. The third-order valence-corrected chi connectivity index (χ3v) is 4.17. The van der Waals surface area contributed by atoms with Crippen LogP contribution >= 0.6 is 0 Å². The number of ether oxygens (including phenoxy) is 3. The van der Waals surface area contributed by atoms with E-state index in [4.69, 9.17) is 19.9 Å². The third-order valence-electron chi connectivity index (χ3n) is 4.17. The van der Waals surface area contributed by atoms with Crippen LogP contribution in [0.2, 0.25) is 0 Å². The lowest BCUT2D eigenvalue weighted by Gasteiger charge is -2.28. The molecule has 4 nitrogen and oxygen atoms in total. The van der Waals surface area contributed by atoms with Crippen LogP contribution in [0.25, 0.3) is 0 Å². The van der Waals surface area contributed by atoms with Gasteiger partial charge < -0.3 is 19.9 Å². The fourth-order valence-electron chi connectivity index (χ4n) is 3.17. The molecule has 0 bridgehead atoms. The second-order valence-electron chi connectivity index (χ2n) is 5.98. The normalized spacial score (nSPS) is 25.9. The van der Waals surface area contributed by atoms with Crippen molar-refractivity contribution in [3.8, 4) is 5.75 Å². The average Bonchev–Trinajstić information content (AvgIpc) is 2.44. The van der Waals surface area contributed by atoms with Crippen LogP contribution in [0.3, 0.4) is 0 Å². The predicted molar refractivity (Wildman–Crippen MR) is 77.3 cm³/mol. The van der Waals surface area contributed by atoms with E-state index in [-0.39, 0.29) is 0 Å². The van der Waals surface area contributed by atoms with Crippen LogP contribution < -0.4 is 10.5 Å². The van der Waals surface area contributed by atoms with E-state index < -0.39 is 0 Å². The summed E-state index contributed by atoms with van der Waals surface area (Å²) in [7, 11) is 0. The molecule has 2 unspecified atom stereocenters. The van der Waals surface area contributed by atoms with Crippen molar-refractivity contribution in [1.29, 1.82) is 0 Å². The second-order valence-corrected chi connectivity index (χ2v) is 5.98. The quantitative estimate of drug-likeness (QED) is 0.862. The second kappa shape index (κ2) is 6.02. The Morgan fingerprint density at radius 1 is 1.35 bits per heavy atom. The molecule has 0 amide bonds. The first kappa shape index (κ1) is 13.7. The molecule has 2 aliphatic rings. The molecular formula is C16H23NO3. The summed E-state index contributed by atoms with van der Waals surface area (Å²) in [5.41, 5.74) is 8.75. The molecule has 1 aliphatic carbocycles. The Morgan fingerprint density at radius 2 is 2.25 bits per heavy atom. The Hall–Kier alpha value is -1.26. The highest BCUT2D eigenvalue weighted by atomic mass is 16.7. The maximum absolute atomic E-state index is 6.08. The molecule has 3 rings (SSSR count). The van der Waals surface area contributed by atoms with Crippen molar-refractivity contribution in [3.63, 3.8) is 0 Å². The first-order valence-electron chi connectivity index (χ1n) is 7.46. The molecule has 1 heterocycles. The summed E-state index contributed by atoms with van der Waals surface area (Å²) in [5, 5.41) is 0. The Labute approximate surface area is 120 Å². The average molecular weight is 277 g/mol. The highest BCUT2D eigenvalue weighted by Crippen LogP contribution is 2.33. The van der Waals surface area contributed by atoms with Crippen molar-refractivity contribution >= 4 is 5.69 Å². The van der Waals surface area contributed by atoms with E-state index in [1.807, 2.05) is 12.1 Å². The SMILES string of the molecule is CC1CCCC(OCc2cc(N)cc3c2OCOC3)C1. The van der Waals surface area contributed by atoms with E-state index in [9.17, 15) is 0 Å². The van der Waals surface area contributed by atoms with Crippen LogP contribution in [0, 0.1) is 5.92 Å². The van der Waals surface area contributed by atoms with Crippen LogP contribution in [0.5, 0.6) is 5.75 Å². The van der Waals surface area contributed by atoms with Gasteiger partial charge in [0.1, 0.15) is 5.75 Å². The lowest BCUT2D eigenvalue weighted by molar-refractivity contribution is -0.0228. The van der Waals surface area contributed by atoms with Gasteiger partial charge in [-0.3, -0.25) is 0 Å². The van der Waals surface area contributed by atoms with E-state index >= 15 is 0 Å². The van der Waals surface area contributed by atoms with Crippen molar-refractivity contribution < 1.29 is 14.2 Å². The molecule has 1 aromatic rings. The van der Waals surface area contributed by atoms with Gasteiger partial charge in [-0.1, -0.05) is 19.8 Å². The summed E-state index contributed by atoms with van der Waals surface area (Å²) >= 11 is 0. The Kier molecular flexibility index (Phi) is 4.13. The lowest BCUT2D eigenvalue weighted by atomic mass is 9.89. The maximum atomic E-state index is 6.08.